The molecule has 16 heavy (non-hydrogen) atoms. The van der Waals surface area contributed by atoms with E-state index in [-0.39, 0.29) is 5.91 Å². The number of hydrogen-bond acceptors (Lipinski definition) is 3. The minimum atomic E-state index is -0.656. The number of carbonyl (C=O) groups is 2. The van der Waals surface area contributed by atoms with Crippen LogP contribution in [0.15, 0.2) is 36.4 Å². The average Bonchev–Trinajstić information content (AvgIpc) is 2.64. The van der Waals surface area contributed by atoms with Gasteiger partial charge < -0.3 is 10.1 Å². The fourth-order valence-electron chi connectivity index (χ4n) is 1.29. The smallest absolute Gasteiger partial charge is 0.341 e. The molecule has 5 heteroatoms. The van der Waals surface area contributed by atoms with Crippen molar-refractivity contribution in [1.82, 2.24) is 5.32 Å². The molecule has 0 saturated heterocycles. The van der Waals surface area contributed by atoms with Crippen molar-refractivity contribution in [2.45, 2.75) is 6.23 Å². The minimum Gasteiger partial charge on any atom is -0.434 e. The van der Waals surface area contributed by atoms with Crippen LogP contribution >= 0.6 is 22.6 Å². The van der Waals surface area contributed by atoms with Crippen LogP contribution in [-0.4, -0.2) is 18.1 Å². The fraction of sp³-hybridized carbons (Fsp3) is 0.0909. The van der Waals surface area contributed by atoms with E-state index < -0.39 is 12.2 Å². The van der Waals surface area contributed by atoms with Gasteiger partial charge in [-0.25, -0.2) is 4.79 Å². The van der Waals surface area contributed by atoms with Crippen molar-refractivity contribution < 1.29 is 14.3 Å². The molecule has 1 aromatic rings. The molecule has 1 atom stereocenters. The summed E-state index contributed by atoms with van der Waals surface area (Å²) in [7, 11) is 0. The Bertz CT molecular complexity index is 470. The van der Waals surface area contributed by atoms with Crippen LogP contribution in [0, 0.1) is 3.57 Å². The van der Waals surface area contributed by atoms with E-state index in [0.717, 1.165) is 3.57 Å². The SMILES string of the molecule is O=C1C=CC(OC(=O)c2ccccc2I)N1. The normalized spacial score (nSPS) is 18.3. The molecule has 2 rings (SSSR count). The third kappa shape index (κ3) is 2.41. The number of halogens is 1. The number of hydrogen-bond donors (Lipinski definition) is 1. The maximum absolute atomic E-state index is 11.7. The van der Waals surface area contributed by atoms with E-state index in [2.05, 4.69) is 27.9 Å². The summed E-state index contributed by atoms with van der Waals surface area (Å²) in [4.78, 5) is 22.6. The van der Waals surface area contributed by atoms with Crippen molar-refractivity contribution in [3.8, 4) is 0 Å². The van der Waals surface area contributed by atoms with Gasteiger partial charge in [0.25, 0.3) is 0 Å². The van der Waals surface area contributed by atoms with Gasteiger partial charge in [-0.05, 0) is 40.8 Å². The quantitative estimate of drug-likeness (QED) is 0.660. The van der Waals surface area contributed by atoms with Gasteiger partial charge in [0.05, 0.1) is 5.56 Å². The van der Waals surface area contributed by atoms with E-state index in [4.69, 9.17) is 4.74 Å². The summed E-state index contributed by atoms with van der Waals surface area (Å²) in [5.41, 5.74) is 0.498. The van der Waals surface area contributed by atoms with E-state index in [0.29, 0.717) is 5.56 Å². The molecule has 0 radical (unpaired) electrons. The van der Waals surface area contributed by atoms with Gasteiger partial charge in [0.2, 0.25) is 5.91 Å². The molecule has 1 heterocycles. The Morgan fingerprint density at radius 1 is 1.38 bits per heavy atom. The van der Waals surface area contributed by atoms with E-state index in [1.807, 2.05) is 12.1 Å². The van der Waals surface area contributed by atoms with Crippen LogP contribution in [-0.2, 0) is 9.53 Å². The van der Waals surface area contributed by atoms with Gasteiger partial charge in [0.15, 0.2) is 6.23 Å². The minimum absolute atomic E-state index is 0.249. The summed E-state index contributed by atoms with van der Waals surface area (Å²) in [6, 6.07) is 7.11. The number of esters is 1. The van der Waals surface area contributed by atoms with Crippen LogP contribution in [0.25, 0.3) is 0 Å². The molecule has 4 nitrogen and oxygen atoms in total. The Balaban J connectivity index is 2.07. The van der Waals surface area contributed by atoms with Crippen molar-refractivity contribution in [2.24, 2.45) is 0 Å². The second-order valence-electron chi connectivity index (χ2n) is 3.17. The molecule has 82 valence electrons. The highest BCUT2D eigenvalue weighted by molar-refractivity contribution is 14.1. The van der Waals surface area contributed by atoms with Crippen LogP contribution in [0.2, 0.25) is 0 Å². The highest BCUT2D eigenvalue weighted by atomic mass is 127. The van der Waals surface area contributed by atoms with Gasteiger partial charge in [-0.15, -0.1) is 0 Å². The van der Waals surface area contributed by atoms with Gasteiger partial charge in [0, 0.05) is 9.65 Å². The Labute approximate surface area is 106 Å². The van der Waals surface area contributed by atoms with E-state index in [9.17, 15) is 9.59 Å². The van der Waals surface area contributed by atoms with Gasteiger partial charge in [-0.3, -0.25) is 4.79 Å². The highest BCUT2D eigenvalue weighted by Crippen LogP contribution is 2.13. The molecule has 0 aliphatic carbocycles. The van der Waals surface area contributed by atoms with Crippen LogP contribution in [0.1, 0.15) is 10.4 Å². The first-order valence-corrected chi connectivity index (χ1v) is 5.69. The second-order valence-corrected chi connectivity index (χ2v) is 4.34. The largest absolute Gasteiger partial charge is 0.434 e. The zero-order valence-corrected chi connectivity index (χ0v) is 10.3. The first kappa shape index (κ1) is 11.1. The second kappa shape index (κ2) is 4.65. The molecule has 1 unspecified atom stereocenters. The number of rotatable bonds is 2. The number of benzene rings is 1. The maximum atomic E-state index is 11.7. The zero-order valence-electron chi connectivity index (χ0n) is 8.14. The molecule has 1 aliphatic heterocycles. The van der Waals surface area contributed by atoms with Crippen molar-refractivity contribution in [2.75, 3.05) is 0 Å². The van der Waals surface area contributed by atoms with Crippen molar-refractivity contribution >= 4 is 34.5 Å². The van der Waals surface area contributed by atoms with Crippen LogP contribution in [0.3, 0.4) is 0 Å². The average molecular weight is 329 g/mol. The fourth-order valence-corrected chi connectivity index (χ4v) is 1.89. The van der Waals surface area contributed by atoms with Crippen LogP contribution < -0.4 is 5.32 Å². The Hall–Kier alpha value is -1.37. The predicted molar refractivity (Wildman–Crippen MR) is 65.6 cm³/mol. The Morgan fingerprint density at radius 2 is 2.12 bits per heavy atom. The first-order valence-electron chi connectivity index (χ1n) is 4.61. The summed E-state index contributed by atoms with van der Waals surface area (Å²) in [6.45, 7) is 0. The van der Waals surface area contributed by atoms with Crippen LogP contribution in [0.5, 0.6) is 0 Å². The summed E-state index contributed by atoms with van der Waals surface area (Å²) < 4.78 is 5.90. The van der Waals surface area contributed by atoms with E-state index >= 15 is 0 Å². The molecule has 0 spiro atoms. The molecular formula is C11H8INO3. The summed E-state index contributed by atoms with van der Waals surface area (Å²) >= 11 is 2.06. The lowest BCUT2D eigenvalue weighted by Gasteiger charge is -2.11. The third-order valence-corrected chi connectivity index (χ3v) is 2.98. The topological polar surface area (TPSA) is 55.4 Å². The maximum Gasteiger partial charge on any atom is 0.341 e. The first-order chi connectivity index (χ1) is 7.66. The molecule has 1 aliphatic rings. The highest BCUT2D eigenvalue weighted by Gasteiger charge is 2.20. The monoisotopic (exact) mass is 329 g/mol. The molecule has 1 N–H and O–H groups in total. The Morgan fingerprint density at radius 3 is 2.75 bits per heavy atom. The molecule has 1 amide bonds. The summed E-state index contributed by atoms with van der Waals surface area (Å²) in [5, 5.41) is 2.48. The molecule has 0 bridgehead atoms. The van der Waals surface area contributed by atoms with E-state index in [1.54, 1.807) is 12.1 Å². The van der Waals surface area contributed by atoms with E-state index in [1.165, 1.54) is 12.2 Å². The lowest BCUT2D eigenvalue weighted by molar-refractivity contribution is -0.117. The number of ether oxygens (including phenoxy) is 1. The van der Waals surface area contributed by atoms with Crippen molar-refractivity contribution in [3.05, 3.63) is 45.6 Å². The zero-order chi connectivity index (χ0) is 11.5. The predicted octanol–water partition coefficient (Wildman–Crippen LogP) is 1.46. The molecule has 1 aromatic carbocycles. The number of amides is 1. The molecule has 0 aromatic heterocycles. The third-order valence-electron chi connectivity index (χ3n) is 2.03. The lowest BCUT2D eigenvalue weighted by Crippen LogP contribution is -2.31. The lowest BCUT2D eigenvalue weighted by atomic mass is 10.2. The van der Waals surface area contributed by atoms with Crippen molar-refractivity contribution in [1.29, 1.82) is 0 Å². The van der Waals surface area contributed by atoms with Crippen LogP contribution in [0.4, 0.5) is 0 Å². The van der Waals surface area contributed by atoms with Gasteiger partial charge >= 0.3 is 5.97 Å². The van der Waals surface area contributed by atoms with Gasteiger partial charge in [-0.1, -0.05) is 12.1 Å². The van der Waals surface area contributed by atoms with Gasteiger partial charge in [0.1, 0.15) is 0 Å². The summed E-state index contributed by atoms with van der Waals surface area (Å²) in [5.74, 6) is -0.692. The number of nitrogens with one attached hydrogen (secondary N) is 1. The number of carbonyl (C=O) groups excluding carboxylic acids is 2. The van der Waals surface area contributed by atoms with Crippen molar-refractivity contribution in [3.63, 3.8) is 0 Å². The molecule has 0 saturated carbocycles. The molecular weight excluding hydrogens is 321 g/mol. The Kier molecular flexibility index (Phi) is 3.23. The molecule has 0 fully saturated rings. The standard InChI is InChI=1S/C11H8INO3/c12-8-4-2-1-3-7(8)11(15)16-10-6-5-9(14)13-10/h1-6,10H,(H,13,14). The van der Waals surface area contributed by atoms with Gasteiger partial charge in [-0.2, -0.15) is 0 Å². The summed E-state index contributed by atoms with van der Waals surface area (Å²) in [6.07, 6.45) is 2.19.